The van der Waals surface area contributed by atoms with Crippen molar-refractivity contribution in [3.8, 4) is 11.3 Å². The molecule has 0 bridgehead atoms. The summed E-state index contributed by atoms with van der Waals surface area (Å²) in [4.78, 5) is 12.0. The third kappa shape index (κ3) is 3.49. The maximum absolute atomic E-state index is 6.26. The van der Waals surface area contributed by atoms with Crippen molar-refractivity contribution in [2.45, 2.75) is 45.1 Å². The highest BCUT2D eigenvalue weighted by molar-refractivity contribution is 7.16. The Kier molecular flexibility index (Phi) is 5.23. The van der Waals surface area contributed by atoms with Crippen molar-refractivity contribution in [3.05, 3.63) is 58.7 Å². The van der Waals surface area contributed by atoms with Gasteiger partial charge in [0.05, 0.1) is 5.01 Å². The lowest BCUT2D eigenvalue weighted by molar-refractivity contribution is 0.675. The van der Waals surface area contributed by atoms with Gasteiger partial charge in [0, 0.05) is 22.8 Å². The predicted molar refractivity (Wildman–Crippen MR) is 111 cm³/mol. The van der Waals surface area contributed by atoms with Gasteiger partial charge in [0.15, 0.2) is 0 Å². The molecule has 1 fully saturated rings. The van der Waals surface area contributed by atoms with Crippen molar-refractivity contribution in [3.63, 3.8) is 0 Å². The van der Waals surface area contributed by atoms with Crippen LogP contribution in [-0.2, 0) is 6.42 Å². The van der Waals surface area contributed by atoms with E-state index in [0.29, 0.717) is 6.04 Å². The molecule has 0 saturated heterocycles. The number of anilines is 2. The molecule has 0 unspecified atom stereocenters. The van der Waals surface area contributed by atoms with Crippen molar-refractivity contribution in [1.82, 2.24) is 9.97 Å². The normalized spacial score (nSPS) is 14.7. The minimum atomic E-state index is 0.480. The molecular formula is C21H22ClN3S. The minimum absolute atomic E-state index is 0.480. The fourth-order valence-electron chi connectivity index (χ4n) is 3.61. The lowest BCUT2D eigenvalue weighted by Crippen LogP contribution is -2.28. The largest absolute Gasteiger partial charge is 0.313 e. The average Bonchev–Trinajstić information content (AvgIpc) is 3.33. The number of nitrogens with zero attached hydrogens (tertiary/aromatic N) is 3. The Hall–Kier alpha value is -1.91. The van der Waals surface area contributed by atoms with Crippen LogP contribution in [0.2, 0.25) is 5.02 Å². The lowest BCUT2D eigenvalue weighted by atomic mass is 10.1. The molecule has 1 aliphatic rings. The smallest absolute Gasteiger partial charge is 0.133 e. The summed E-state index contributed by atoms with van der Waals surface area (Å²) in [5, 5.41) is 3.08. The minimum Gasteiger partial charge on any atom is -0.313 e. The first kappa shape index (κ1) is 17.5. The second-order valence-corrected chi connectivity index (χ2v) is 8.12. The number of hydrogen-bond donors (Lipinski definition) is 0. The number of rotatable bonds is 5. The van der Waals surface area contributed by atoms with Gasteiger partial charge in [0.2, 0.25) is 0 Å². The van der Waals surface area contributed by atoms with Gasteiger partial charge in [-0.2, -0.15) is 0 Å². The summed E-state index contributed by atoms with van der Waals surface area (Å²) < 4.78 is 0. The fraction of sp³-hybridized carbons (Fsp3) is 0.333. The maximum atomic E-state index is 6.26. The monoisotopic (exact) mass is 383 g/mol. The van der Waals surface area contributed by atoms with Gasteiger partial charge in [-0.05, 0) is 43.5 Å². The molecule has 3 aromatic rings. The SMILES string of the molecule is CCc1nc(-c2cccc(Cl)c2)c(N(c2ccccn2)C2CCCC2)s1. The molecule has 0 spiro atoms. The van der Waals surface area contributed by atoms with Crippen molar-refractivity contribution >= 4 is 33.8 Å². The summed E-state index contributed by atoms with van der Waals surface area (Å²) in [7, 11) is 0. The van der Waals surface area contributed by atoms with Crippen molar-refractivity contribution < 1.29 is 0 Å². The standard InChI is InChI=1S/C21H22ClN3S/c1-2-19-24-20(15-8-7-9-16(22)14-15)21(26-19)25(17-10-3-4-11-17)18-12-5-6-13-23-18/h5-9,12-14,17H,2-4,10-11H2,1H3. The van der Waals surface area contributed by atoms with Gasteiger partial charge in [0.1, 0.15) is 16.5 Å². The molecule has 0 N–H and O–H groups in total. The molecule has 0 atom stereocenters. The van der Waals surface area contributed by atoms with E-state index in [1.807, 2.05) is 30.5 Å². The number of halogens is 1. The van der Waals surface area contributed by atoms with Crippen LogP contribution in [0, 0.1) is 0 Å². The molecule has 26 heavy (non-hydrogen) atoms. The Morgan fingerprint density at radius 1 is 1.15 bits per heavy atom. The first-order chi connectivity index (χ1) is 12.8. The Morgan fingerprint density at radius 3 is 2.69 bits per heavy atom. The number of hydrogen-bond acceptors (Lipinski definition) is 4. The zero-order valence-electron chi connectivity index (χ0n) is 14.9. The molecule has 1 aromatic carbocycles. The van der Waals surface area contributed by atoms with Crippen LogP contribution < -0.4 is 4.90 Å². The van der Waals surface area contributed by atoms with E-state index in [4.69, 9.17) is 16.6 Å². The van der Waals surface area contributed by atoms with E-state index in [1.165, 1.54) is 30.7 Å². The summed E-state index contributed by atoms with van der Waals surface area (Å²) in [5.41, 5.74) is 2.09. The molecule has 1 saturated carbocycles. The highest BCUT2D eigenvalue weighted by Crippen LogP contribution is 2.43. The summed E-state index contributed by atoms with van der Waals surface area (Å²) >= 11 is 8.04. The predicted octanol–water partition coefficient (Wildman–Crippen LogP) is 6.50. The molecule has 134 valence electrons. The number of aromatic nitrogens is 2. The van der Waals surface area contributed by atoms with Gasteiger partial charge < -0.3 is 4.90 Å². The summed E-state index contributed by atoms with van der Waals surface area (Å²) in [6, 6.07) is 14.6. The fourth-order valence-corrected chi connectivity index (χ4v) is 4.91. The molecule has 2 aromatic heterocycles. The van der Waals surface area contributed by atoms with Crippen LogP contribution in [-0.4, -0.2) is 16.0 Å². The van der Waals surface area contributed by atoms with Crippen LogP contribution in [0.1, 0.15) is 37.6 Å². The molecule has 0 aliphatic heterocycles. The van der Waals surface area contributed by atoms with E-state index >= 15 is 0 Å². The average molecular weight is 384 g/mol. The number of benzene rings is 1. The van der Waals surface area contributed by atoms with Crippen LogP contribution in [0.15, 0.2) is 48.7 Å². The van der Waals surface area contributed by atoms with Crippen LogP contribution >= 0.6 is 22.9 Å². The molecule has 5 heteroatoms. The Labute approximate surface area is 163 Å². The lowest BCUT2D eigenvalue weighted by Gasteiger charge is -2.29. The summed E-state index contributed by atoms with van der Waals surface area (Å²) in [5.74, 6) is 1.01. The van der Waals surface area contributed by atoms with E-state index in [2.05, 4.69) is 35.0 Å². The van der Waals surface area contributed by atoms with Gasteiger partial charge in [-0.1, -0.05) is 49.6 Å². The molecular weight excluding hydrogens is 362 g/mol. The van der Waals surface area contributed by atoms with Crippen LogP contribution in [0.25, 0.3) is 11.3 Å². The van der Waals surface area contributed by atoms with Gasteiger partial charge in [-0.3, -0.25) is 0 Å². The highest BCUT2D eigenvalue weighted by Gasteiger charge is 2.29. The van der Waals surface area contributed by atoms with Crippen LogP contribution in [0.4, 0.5) is 10.8 Å². The number of thiazole rings is 1. The second kappa shape index (κ2) is 7.77. The van der Waals surface area contributed by atoms with Gasteiger partial charge in [0.25, 0.3) is 0 Å². The topological polar surface area (TPSA) is 29.0 Å². The Balaban J connectivity index is 1.86. The van der Waals surface area contributed by atoms with Crippen LogP contribution in [0.3, 0.4) is 0 Å². The van der Waals surface area contributed by atoms with Gasteiger partial charge in [-0.15, -0.1) is 11.3 Å². The summed E-state index contributed by atoms with van der Waals surface area (Å²) in [6.45, 7) is 2.16. The second-order valence-electron chi connectivity index (χ2n) is 6.62. The number of aryl methyl sites for hydroxylation is 1. The van der Waals surface area contributed by atoms with E-state index in [1.54, 1.807) is 11.3 Å². The van der Waals surface area contributed by atoms with Crippen molar-refractivity contribution in [1.29, 1.82) is 0 Å². The molecule has 2 heterocycles. The third-order valence-corrected chi connectivity index (χ3v) is 6.29. The van der Waals surface area contributed by atoms with Gasteiger partial charge in [-0.25, -0.2) is 9.97 Å². The summed E-state index contributed by atoms with van der Waals surface area (Å²) in [6.07, 6.45) is 7.76. The first-order valence-electron chi connectivity index (χ1n) is 9.22. The van der Waals surface area contributed by atoms with E-state index in [0.717, 1.165) is 33.5 Å². The Morgan fingerprint density at radius 2 is 2.00 bits per heavy atom. The molecule has 0 amide bonds. The third-order valence-electron chi connectivity index (χ3n) is 4.86. The first-order valence-corrected chi connectivity index (χ1v) is 10.4. The highest BCUT2D eigenvalue weighted by atomic mass is 35.5. The van der Waals surface area contributed by atoms with E-state index < -0.39 is 0 Å². The maximum Gasteiger partial charge on any atom is 0.133 e. The molecule has 0 radical (unpaired) electrons. The van der Waals surface area contributed by atoms with E-state index in [-0.39, 0.29) is 0 Å². The Bertz CT molecular complexity index is 872. The van der Waals surface area contributed by atoms with Crippen molar-refractivity contribution in [2.24, 2.45) is 0 Å². The van der Waals surface area contributed by atoms with Gasteiger partial charge >= 0.3 is 0 Å². The number of pyridine rings is 1. The quantitative estimate of drug-likeness (QED) is 0.503. The molecule has 1 aliphatic carbocycles. The molecule has 4 rings (SSSR count). The van der Waals surface area contributed by atoms with Crippen molar-refractivity contribution in [2.75, 3.05) is 4.90 Å². The van der Waals surface area contributed by atoms with E-state index in [9.17, 15) is 0 Å². The van der Waals surface area contributed by atoms with Crippen LogP contribution in [0.5, 0.6) is 0 Å². The zero-order valence-corrected chi connectivity index (χ0v) is 16.4. The molecule has 3 nitrogen and oxygen atoms in total. The zero-order chi connectivity index (χ0) is 17.9.